The van der Waals surface area contributed by atoms with Crippen molar-refractivity contribution < 1.29 is 0 Å². The first-order valence-corrected chi connectivity index (χ1v) is 7.38. The minimum absolute atomic E-state index is 0.631. The van der Waals surface area contributed by atoms with E-state index >= 15 is 0 Å². The summed E-state index contributed by atoms with van der Waals surface area (Å²) < 4.78 is 0. The molecule has 1 aliphatic heterocycles. The van der Waals surface area contributed by atoms with Crippen LogP contribution in [0.5, 0.6) is 0 Å². The van der Waals surface area contributed by atoms with Gasteiger partial charge in [-0.1, -0.05) is 18.2 Å². The van der Waals surface area contributed by atoms with Crippen molar-refractivity contribution in [3.05, 3.63) is 34.9 Å². The summed E-state index contributed by atoms with van der Waals surface area (Å²) >= 11 is 0. The first kappa shape index (κ1) is 14.5. The average molecular weight is 261 g/mol. The first-order valence-electron chi connectivity index (χ1n) is 7.38. The van der Waals surface area contributed by atoms with Crippen LogP contribution in [0.25, 0.3) is 0 Å². The third-order valence-electron chi connectivity index (χ3n) is 4.08. The fraction of sp³-hybridized carbons (Fsp3) is 0.625. The highest BCUT2D eigenvalue weighted by molar-refractivity contribution is 5.30. The number of likely N-dealkylation sites (tertiary alicyclic amines) is 1. The van der Waals surface area contributed by atoms with Crippen molar-refractivity contribution in [2.45, 2.75) is 32.9 Å². The molecular formula is C16H27N3. The van der Waals surface area contributed by atoms with Gasteiger partial charge < -0.3 is 15.5 Å². The van der Waals surface area contributed by atoms with Crippen LogP contribution < -0.4 is 5.73 Å². The predicted octanol–water partition coefficient (Wildman–Crippen LogP) is 1.98. The summed E-state index contributed by atoms with van der Waals surface area (Å²) in [6.07, 6.45) is 2.76. The molecule has 0 saturated carbocycles. The molecule has 3 nitrogen and oxygen atoms in total. The van der Waals surface area contributed by atoms with Gasteiger partial charge in [-0.25, -0.2) is 0 Å². The van der Waals surface area contributed by atoms with Crippen molar-refractivity contribution in [1.82, 2.24) is 9.80 Å². The van der Waals surface area contributed by atoms with Gasteiger partial charge in [0, 0.05) is 26.2 Å². The lowest BCUT2D eigenvalue weighted by Crippen LogP contribution is -2.31. The minimum atomic E-state index is 0.631. The van der Waals surface area contributed by atoms with Crippen molar-refractivity contribution in [3.63, 3.8) is 0 Å². The van der Waals surface area contributed by atoms with Gasteiger partial charge in [0.25, 0.3) is 0 Å². The maximum absolute atomic E-state index is 5.67. The van der Waals surface area contributed by atoms with Crippen molar-refractivity contribution in [2.24, 2.45) is 5.73 Å². The fourth-order valence-electron chi connectivity index (χ4n) is 2.75. The van der Waals surface area contributed by atoms with Gasteiger partial charge in [-0.05, 0) is 56.6 Å². The predicted molar refractivity (Wildman–Crippen MR) is 81.1 cm³/mol. The van der Waals surface area contributed by atoms with Gasteiger partial charge in [-0.3, -0.25) is 0 Å². The highest BCUT2D eigenvalue weighted by atomic mass is 15.2. The largest absolute Gasteiger partial charge is 0.326 e. The number of nitrogens with zero attached hydrogens (tertiary/aromatic N) is 2. The average Bonchev–Trinajstić information content (AvgIpc) is 2.92. The van der Waals surface area contributed by atoms with Gasteiger partial charge in [0.05, 0.1) is 0 Å². The molecule has 0 atom stereocenters. The molecule has 0 aliphatic carbocycles. The Morgan fingerprint density at radius 3 is 2.63 bits per heavy atom. The second-order valence-corrected chi connectivity index (χ2v) is 5.75. The molecule has 0 spiro atoms. The van der Waals surface area contributed by atoms with E-state index in [9.17, 15) is 0 Å². The lowest BCUT2D eigenvalue weighted by Gasteiger charge is -2.22. The third-order valence-corrected chi connectivity index (χ3v) is 4.08. The molecule has 1 aromatic carbocycles. The Morgan fingerprint density at radius 2 is 2.00 bits per heavy atom. The van der Waals surface area contributed by atoms with Gasteiger partial charge >= 0.3 is 0 Å². The molecule has 2 rings (SSSR count). The molecule has 2 N–H and O–H groups in total. The van der Waals surface area contributed by atoms with Crippen molar-refractivity contribution >= 4 is 0 Å². The van der Waals surface area contributed by atoms with Crippen LogP contribution in [0.3, 0.4) is 0 Å². The van der Waals surface area contributed by atoms with E-state index in [0.717, 1.165) is 13.1 Å². The van der Waals surface area contributed by atoms with E-state index in [4.69, 9.17) is 5.73 Å². The molecule has 1 aromatic rings. The maximum Gasteiger partial charge on any atom is 0.0233 e. The van der Waals surface area contributed by atoms with E-state index in [1.165, 1.54) is 49.2 Å². The number of likely N-dealkylation sites (N-methyl/N-ethyl adjacent to an activating group) is 1. The van der Waals surface area contributed by atoms with Crippen LogP contribution in [0.2, 0.25) is 0 Å². The monoisotopic (exact) mass is 261 g/mol. The lowest BCUT2D eigenvalue weighted by molar-refractivity contribution is 0.252. The van der Waals surface area contributed by atoms with E-state index < -0.39 is 0 Å². The number of aryl methyl sites for hydroxylation is 1. The quantitative estimate of drug-likeness (QED) is 0.850. The molecule has 1 heterocycles. The molecule has 0 aromatic heterocycles. The summed E-state index contributed by atoms with van der Waals surface area (Å²) in [4.78, 5) is 4.99. The summed E-state index contributed by atoms with van der Waals surface area (Å²) in [6, 6.07) is 6.59. The molecular weight excluding hydrogens is 234 g/mol. The zero-order valence-corrected chi connectivity index (χ0v) is 12.4. The third kappa shape index (κ3) is 4.30. The number of hydrogen-bond donors (Lipinski definition) is 1. The summed E-state index contributed by atoms with van der Waals surface area (Å²) in [6.45, 7) is 8.78. The molecule has 1 fully saturated rings. The SMILES string of the molecule is Cc1cc(CN)ccc1CN(C)CCN1CCCC1. The standard InChI is InChI=1S/C16H27N3/c1-14-11-15(12-17)5-6-16(14)13-18(2)9-10-19-7-3-4-8-19/h5-6,11H,3-4,7-10,12-13,17H2,1-2H3. The second-order valence-electron chi connectivity index (χ2n) is 5.75. The number of rotatable bonds is 6. The van der Waals surface area contributed by atoms with Crippen molar-refractivity contribution in [2.75, 3.05) is 33.2 Å². The van der Waals surface area contributed by atoms with Gasteiger partial charge in [0.15, 0.2) is 0 Å². The van der Waals surface area contributed by atoms with E-state index in [-0.39, 0.29) is 0 Å². The van der Waals surface area contributed by atoms with Crippen LogP contribution in [-0.2, 0) is 13.1 Å². The molecule has 1 saturated heterocycles. The van der Waals surface area contributed by atoms with Gasteiger partial charge in [-0.15, -0.1) is 0 Å². The van der Waals surface area contributed by atoms with Gasteiger partial charge in [0.1, 0.15) is 0 Å². The van der Waals surface area contributed by atoms with Crippen LogP contribution in [0.4, 0.5) is 0 Å². The Bertz CT molecular complexity index is 397. The molecule has 0 unspecified atom stereocenters. The summed E-state index contributed by atoms with van der Waals surface area (Å²) in [5, 5.41) is 0. The number of benzene rings is 1. The normalized spacial score (nSPS) is 16.4. The minimum Gasteiger partial charge on any atom is -0.326 e. The van der Waals surface area contributed by atoms with Crippen LogP contribution >= 0.6 is 0 Å². The Morgan fingerprint density at radius 1 is 1.26 bits per heavy atom. The van der Waals surface area contributed by atoms with E-state index in [1.54, 1.807) is 0 Å². The summed E-state index contributed by atoms with van der Waals surface area (Å²) in [5.41, 5.74) is 9.67. The molecule has 1 aliphatic rings. The number of nitrogens with two attached hydrogens (primary N) is 1. The van der Waals surface area contributed by atoms with Gasteiger partial charge in [-0.2, -0.15) is 0 Å². The molecule has 106 valence electrons. The highest BCUT2D eigenvalue weighted by Gasteiger charge is 2.12. The zero-order chi connectivity index (χ0) is 13.7. The fourth-order valence-corrected chi connectivity index (χ4v) is 2.75. The van der Waals surface area contributed by atoms with Crippen LogP contribution in [0, 0.1) is 6.92 Å². The van der Waals surface area contributed by atoms with Crippen LogP contribution in [-0.4, -0.2) is 43.0 Å². The molecule has 19 heavy (non-hydrogen) atoms. The number of hydrogen-bond acceptors (Lipinski definition) is 3. The smallest absolute Gasteiger partial charge is 0.0233 e. The van der Waals surface area contributed by atoms with Crippen molar-refractivity contribution in [1.29, 1.82) is 0 Å². The van der Waals surface area contributed by atoms with E-state index in [2.05, 4.69) is 42.0 Å². The first-order chi connectivity index (χ1) is 9.19. The topological polar surface area (TPSA) is 32.5 Å². The van der Waals surface area contributed by atoms with Crippen LogP contribution in [0.1, 0.15) is 29.5 Å². The van der Waals surface area contributed by atoms with E-state index in [0.29, 0.717) is 6.54 Å². The summed E-state index contributed by atoms with van der Waals surface area (Å²) in [7, 11) is 2.21. The molecule has 0 amide bonds. The zero-order valence-electron chi connectivity index (χ0n) is 12.4. The molecule has 0 bridgehead atoms. The Hall–Kier alpha value is -0.900. The second kappa shape index (κ2) is 7.04. The van der Waals surface area contributed by atoms with Crippen molar-refractivity contribution in [3.8, 4) is 0 Å². The lowest BCUT2D eigenvalue weighted by atomic mass is 10.0. The Labute approximate surface area is 117 Å². The van der Waals surface area contributed by atoms with Gasteiger partial charge in [0.2, 0.25) is 0 Å². The Kier molecular flexibility index (Phi) is 5.37. The van der Waals surface area contributed by atoms with E-state index in [1.807, 2.05) is 0 Å². The molecule has 3 heteroatoms. The highest BCUT2D eigenvalue weighted by Crippen LogP contribution is 2.13. The molecule has 0 radical (unpaired) electrons. The maximum atomic E-state index is 5.67. The Balaban J connectivity index is 1.82. The summed E-state index contributed by atoms with van der Waals surface area (Å²) in [5.74, 6) is 0. The van der Waals surface area contributed by atoms with Crippen LogP contribution in [0.15, 0.2) is 18.2 Å².